The highest BCUT2D eigenvalue weighted by atomic mass is 35.5. The van der Waals surface area contributed by atoms with E-state index in [2.05, 4.69) is 16.2 Å². The Morgan fingerprint density at radius 3 is 2.40 bits per heavy atom. The van der Waals surface area contributed by atoms with E-state index in [9.17, 15) is 4.79 Å². The highest BCUT2D eigenvalue weighted by Gasteiger charge is 1.97. The Bertz CT molecular complexity index is 366. The number of amides is 1. The molecule has 0 unspecified atom stereocenters. The Kier molecular flexibility index (Phi) is 4.33. The van der Waals surface area contributed by atoms with Gasteiger partial charge in [-0.25, -0.2) is 0 Å². The van der Waals surface area contributed by atoms with Crippen LogP contribution in [0.4, 0.5) is 5.69 Å². The Labute approximate surface area is 98.0 Å². The minimum absolute atomic E-state index is 0.213. The predicted molar refractivity (Wildman–Crippen MR) is 64.6 cm³/mol. The zero-order valence-corrected chi connectivity index (χ0v) is 9.58. The summed E-state index contributed by atoms with van der Waals surface area (Å²) >= 11 is 10.6. The van der Waals surface area contributed by atoms with E-state index in [1.54, 1.807) is 24.3 Å². The fourth-order valence-corrected chi connectivity index (χ4v) is 1.14. The number of carbonyl (C=O) groups excluding carboxylic acids is 1. The van der Waals surface area contributed by atoms with Crippen LogP contribution in [0.15, 0.2) is 24.3 Å². The molecule has 3 N–H and O–H groups in total. The SMILES string of the molecule is CC(=O)NNC(=S)Nc1ccc(Cl)cc1. The summed E-state index contributed by atoms with van der Waals surface area (Å²) in [5, 5.41) is 3.84. The van der Waals surface area contributed by atoms with Crippen molar-refractivity contribution in [2.45, 2.75) is 6.92 Å². The Hall–Kier alpha value is -1.33. The molecule has 0 aliphatic rings. The molecule has 0 heterocycles. The first kappa shape index (κ1) is 11.7. The highest BCUT2D eigenvalue weighted by Crippen LogP contribution is 2.12. The van der Waals surface area contributed by atoms with E-state index in [4.69, 9.17) is 23.8 Å². The molecule has 0 spiro atoms. The molecule has 0 aliphatic carbocycles. The van der Waals surface area contributed by atoms with Crippen molar-refractivity contribution in [2.24, 2.45) is 0 Å². The standard InChI is InChI=1S/C9H10ClN3OS/c1-6(14)12-13-9(15)11-8-4-2-7(10)3-5-8/h2-5H,1H3,(H,12,14)(H2,11,13,15). The van der Waals surface area contributed by atoms with E-state index >= 15 is 0 Å². The van der Waals surface area contributed by atoms with Gasteiger partial charge in [-0.05, 0) is 36.5 Å². The van der Waals surface area contributed by atoms with Gasteiger partial charge in [-0.2, -0.15) is 0 Å². The smallest absolute Gasteiger partial charge is 0.235 e. The van der Waals surface area contributed by atoms with Crippen LogP contribution in [0.25, 0.3) is 0 Å². The van der Waals surface area contributed by atoms with Crippen molar-refractivity contribution < 1.29 is 4.79 Å². The topological polar surface area (TPSA) is 53.2 Å². The van der Waals surface area contributed by atoms with Gasteiger partial charge in [0.1, 0.15) is 0 Å². The minimum Gasteiger partial charge on any atom is -0.331 e. The maximum absolute atomic E-state index is 10.6. The van der Waals surface area contributed by atoms with Crippen molar-refractivity contribution in [1.29, 1.82) is 0 Å². The van der Waals surface area contributed by atoms with Crippen LogP contribution < -0.4 is 16.2 Å². The van der Waals surface area contributed by atoms with Gasteiger partial charge in [0.15, 0.2) is 5.11 Å². The molecule has 0 aliphatic heterocycles. The second-order valence-corrected chi connectivity index (χ2v) is 3.61. The molecule has 0 radical (unpaired) electrons. The second-order valence-electron chi connectivity index (χ2n) is 2.77. The summed E-state index contributed by atoms with van der Waals surface area (Å²) in [5.41, 5.74) is 5.68. The van der Waals surface area contributed by atoms with E-state index in [1.807, 2.05) is 0 Å². The number of nitrogens with one attached hydrogen (secondary N) is 3. The maximum Gasteiger partial charge on any atom is 0.235 e. The summed E-state index contributed by atoms with van der Waals surface area (Å²) in [7, 11) is 0. The third-order valence-electron chi connectivity index (χ3n) is 1.45. The quantitative estimate of drug-likeness (QED) is 0.519. The van der Waals surface area contributed by atoms with Crippen molar-refractivity contribution in [2.75, 3.05) is 5.32 Å². The molecule has 1 rings (SSSR count). The lowest BCUT2D eigenvalue weighted by atomic mass is 10.3. The summed E-state index contributed by atoms with van der Waals surface area (Å²) in [6.07, 6.45) is 0. The van der Waals surface area contributed by atoms with E-state index in [0.29, 0.717) is 10.1 Å². The van der Waals surface area contributed by atoms with Gasteiger partial charge in [-0.15, -0.1) is 0 Å². The fourth-order valence-electron chi connectivity index (χ4n) is 0.840. The number of anilines is 1. The molecule has 1 amide bonds. The van der Waals surface area contributed by atoms with Crippen LogP contribution >= 0.6 is 23.8 Å². The van der Waals surface area contributed by atoms with Gasteiger partial charge < -0.3 is 5.32 Å². The van der Waals surface area contributed by atoms with Crippen LogP contribution in [0.3, 0.4) is 0 Å². The molecule has 0 atom stereocenters. The number of carbonyl (C=O) groups is 1. The number of hydrazine groups is 1. The molecule has 1 aromatic carbocycles. The van der Waals surface area contributed by atoms with Gasteiger partial charge in [0.25, 0.3) is 0 Å². The van der Waals surface area contributed by atoms with Crippen molar-refractivity contribution in [1.82, 2.24) is 10.9 Å². The maximum atomic E-state index is 10.6. The molecule has 0 saturated heterocycles. The number of halogens is 1. The van der Waals surface area contributed by atoms with E-state index in [-0.39, 0.29) is 5.91 Å². The van der Waals surface area contributed by atoms with E-state index in [1.165, 1.54) is 6.92 Å². The molecule has 0 saturated carbocycles. The highest BCUT2D eigenvalue weighted by molar-refractivity contribution is 7.80. The van der Waals surface area contributed by atoms with Gasteiger partial charge in [0.05, 0.1) is 0 Å². The van der Waals surface area contributed by atoms with Crippen molar-refractivity contribution in [3.8, 4) is 0 Å². The van der Waals surface area contributed by atoms with Crippen LogP contribution in [-0.2, 0) is 4.79 Å². The molecular formula is C9H10ClN3OS. The van der Waals surface area contributed by atoms with Crippen LogP contribution in [0.1, 0.15) is 6.92 Å². The molecule has 0 fully saturated rings. The Balaban J connectivity index is 2.44. The molecule has 80 valence electrons. The second kappa shape index (κ2) is 5.53. The Morgan fingerprint density at radius 2 is 1.87 bits per heavy atom. The summed E-state index contributed by atoms with van der Waals surface area (Å²) in [4.78, 5) is 10.6. The van der Waals surface area contributed by atoms with Gasteiger partial charge >= 0.3 is 0 Å². The minimum atomic E-state index is -0.213. The average Bonchev–Trinajstić information content (AvgIpc) is 2.19. The normalized spacial score (nSPS) is 9.20. The van der Waals surface area contributed by atoms with Gasteiger partial charge in [-0.3, -0.25) is 15.6 Å². The molecule has 0 aromatic heterocycles. The lowest BCUT2D eigenvalue weighted by Gasteiger charge is -2.10. The lowest BCUT2D eigenvalue weighted by Crippen LogP contribution is -2.42. The first-order valence-corrected chi connectivity index (χ1v) is 4.95. The van der Waals surface area contributed by atoms with Gasteiger partial charge in [0.2, 0.25) is 5.91 Å². The molecule has 15 heavy (non-hydrogen) atoms. The lowest BCUT2D eigenvalue weighted by molar-refractivity contribution is -0.119. The van der Waals surface area contributed by atoms with Crippen molar-refractivity contribution >= 4 is 40.5 Å². The average molecular weight is 244 g/mol. The first-order valence-electron chi connectivity index (χ1n) is 4.17. The van der Waals surface area contributed by atoms with E-state index < -0.39 is 0 Å². The van der Waals surface area contributed by atoms with Crippen molar-refractivity contribution in [3.63, 3.8) is 0 Å². The molecular weight excluding hydrogens is 234 g/mol. The number of hydrogen-bond donors (Lipinski definition) is 3. The number of rotatable bonds is 1. The zero-order valence-electron chi connectivity index (χ0n) is 8.00. The zero-order chi connectivity index (χ0) is 11.3. The van der Waals surface area contributed by atoms with Crippen LogP contribution in [0.5, 0.6) is 0 Å². The van der Waals surface area contributed by atoms with Crippen LogP contribution in [0.2, 0.25) is 5.02 Å². The van der Waals surface area contributed by atoms with E-state index in [0.717, 1.165) is 5.69 Å². The van der Waals surface area contributed by atoms with Gasteiger partial charge in [0, 0.05) is 17.6 Å². The summed E-state index contributed by atoms with van der Waals surface area (Å²) in [6.45, 7) is 1.39. The number of hydrogen-bond acceptors (Lipinski definition) is 2. The third kappa shape index (κ3) is 4.62. The first-order chi connectivity index (χ1) is 7.08. The molecule has 4 nitrogen and oxygen atoms in total. The fraction of sp³-hybridized carbons (Fsp3) is 0.111. The number of thiocarbonyl (C=S) groups is 1. The van der Waals surface area contributed by atoms with Gasteiger partial charge in [-0.1, -0.05) is 11.6 Å². The number of benzene rings is 1. The summed E-state index contributed by atoms with van der Waals surface area (Å²) < 4.78 is 0. The predicted octanol–water partition coefficient (Wildman–Crippen LogP) is 1.68. The molecule has 0 bridgehead atoms. The van der Waals surface area contributed by atoms with Crippen LogP contribution in [0, 0.1) is 0 Å². The monoisotopic (exact) mass is 243 g/mol. The van der Waals surface area contributed by atoms with Crippen LogP contribution in [-0.4, -0.2) is 11.0 Å². The molecule has 6 heteroatoms. The van der Waals surface area contributed by atoms with Crippen molar-refractivity contribution in [3.05, 3.63) is 29.3 Å². The largest absolute Gasteiger partial charge is 0.331 e. The molecule has 1 aromatic rings. The third-order valence-corrected chi connectivity index (χ3v) is 1.91. The Morgan fingerprint density at radius 1 is 1.27 bits per heavy atom. The summed E-state index contributed by atoms with van der Waals surface area (Å²) in [5.74, 6) is -0.213. The summed E-state index contributed by atoms with van der Waals surface area (Å²) in [6, 6.07) is 7.05.